The minimum absolute atomic E-state index is 0.121. The molecule has 2 heterocycles. The van der Waals surface area contributed by atoms with Gasteiger partial charge in [-0.05, 0) is 43.1 Å². The Labute approximate surface area is 119 Å². The lowest BCUT2D eigenvalue weighted by Crippen LogP contribution is -2.43. The van der Waals surface area contributed by atoms with Gasteiger partial charge >= 0.3 is 5.97 Å². The van der Waals surface area contributed by atoms with E-state index in [-0.39, 0.29) is 17.8 Å². The Bertz CT molecular complexity index is 329. The summed E-state index contributed by atoms with van der Waals surface area (Å²) in [4.78, 5) is 25.7. The summed E-state index contributed by atoms with van der Waals surface area (Å²) < 4.78 is 4.79. The largest absolute Gasteiger partial charge is 0.469 e. The molecular weight excluding hydrogens is 262 g/mol. The molecule has 2 saturated heterocycles. The monoisotopic (exact) mass is 285 g/mol. The number of carbonyl (C=O) groups excluding carboxylic acids is 2. The molecule has 5 heteroatoms. The summed E-state index contributed by atoms with van der Waals surface area (Å²) in [6, 6.07) is 0. The highest BCUT2D eigenvalue weighted by Crippen LogP contribution is 2.27. The first kappa shape index (κ1) is 14.7. The average Bonchev–Trinajstić information content (AvgIpc) is 2.47. The van der Waals surface area contributed by atoms with Crippen LogP contribution in [0.4, 0.5) is 0 Å². The fourth-order valence-electron chi connectivity index (χ4n) is 2.89. The van der Waals surface area contributed by atoms with Crippen LogP contribution in [0.15, 0.2) is 0 Å². The molecule has 0 spiro atoms. The molecule has 1 amide bonds. The standard InChI is InChI=1S/C14H23NO3S/c1-18-14(17)12-3-2-6-15(10-12)13(16)9-11-4-7-19-8-5-11/h11-12H,2-10H2,1H3/t12-/m0/s1. The fraction of sp³-hybridized carbons (Fsp3) is 0.857. The molecule has 0 aromatic rings. The molecule has 0 aromatic heterocycles. The van der Waals surface area contributed by atoms with Gasteiger partial charge in [0.1, 0.15) is 0 Å². The second kappa shape index (κ2) is 7.17. The first-order valence-electron chi connectivity index (χ1n) is 7.14. The quantitative estimate of drug-likeness (QED) is 0.743. The lowest BCUT2D eigenvalue weighted by molar-refractivity contribution is -0.149. The Kier molecular flexibility index (Phi) is 5.55. The number of ether oxygens (including phenoxy) is 1. The van der Waals surface area contributed by atoms with Crippen molar-refractivity contribution in [1.29, 1.82) is 0 Å². The number of likely N-dealkylation sites (tertiary alicyclic amines) is 1. The van der Waals surface area contributed by atoms with E-state index in [2.05, 4.69) is 0 Å². The van der Waals surface area contributed by atoms with E-state index in [0.717, 1.165) is 32.2 Å². The highest BCUT2D eigenvalue weighted by atomic mass is 32.2. The van der Waals surface area contributed by atoms with Gasteiger partial charge in [-0.3, -0.25) is 9.59 Å². The lowest BCUT2D eigenvalue weighted by atomic mass is 9.95. The molecule has 4 nitrogen and oxygen atoms in total. The zero-order chi connectivity index (χ0) is 13.7. The van der Waals surface area contributed by atoms with Gasteiger partial charge in [0, 0.05) is 19.5 Å². The van der Waals surface area contributed by atoms with Crippen LogP contribution >= 0.6 is 11.8 Å². The van der Waals surface area contributed by atoms with Crippen molar-refractivity contribution in [2.24, 2.45) is 11.8 Å². The van der Waals surface area contributed by atoms with Gasteiger partial charge in [0.15, 0.2) is 0 Å². The van der Waals surface area contributed by atoms with E-state index in [1.54, 1.807) is 0 Å². The van der Waals surface area contributed by atoms with Crippen LogP contribution < -0.4 is 0 Å². The van der Waals surface area contributed by atoms with Gasteiger partial charge in [-0.1, -0.05) is 0 Å². The number of methoxy groups -OCH3 is 1. The normalized spacial score (nSPS) is 25.1. The number of amides is 1. The molecule has 2 fully saturated rings. The fourth-order valence-corrected chi connectivity index (χ4v) is 4.09. The van der Waals surface area contributed by atoms with Crippen LogP contribution in [-0.4, -0.2) is 48.5 Å². The number of esters is 1. The Morgan fingerprint density at radius 2 is 2.00 bits per heavy atom. The third-order valence-corrected chi connectivity index (χ3v) is 5.16. The van der Waals surface area contributed by atoms with Crippen molar-refractivity contribution in [2.75, 3.05) is 31.7 Å². The molecule has 0 bridgehead atoms. The number of hydrogen-bond donors (Lipinski definition) is 0. The molecule has 0 saturated carbocycles. The SMILES string of the molecule is COC(=O)[C@H]1CCCN(C(=O)CC2CCSCC2)C1. The first-order chi connectivity index (χ1) is 9.20. The van der Waals surface area contributed by atoms with Gasteiger partial charge in [0.05, 0.1) is 13.0 Å². The predicted molar refractivity (Wildman–Crippen MR) is 76.0 cm³/mol. The highest BCUT2D eigenvalue weighted by Gasteiger charge is 2.30. The van der Waals surface area contributed by atoms with E-state index >= 15 is 0 Å². The maximum Gasteiger partial charge on any atom is 0.310 e. The Morgan fingerprint density at radius 1 is 1.26 bits per heavy atom. The van der Waals surface area contributed by atoms with Gasteiger partial charge in [0.25, 0.3) is 0 Å². The van der Waals surface area contributed by atoms with E-state index in [1.807, 2.05) is 16.7 Å². The van der Waals surface area contributed by atoms with Gasteiger partial charge in [0.2, 0.25) is 5.91 Å². The number of thioether (sulfide) groups is 1. The summed E-state index contributed by atoms with van der Waals surface area (Å²) in [7, 11) is 1.42. The van der Waals surface area contributed by atoms with Crippen molar-refractivity contribution in [3.8, 4) is 0 Å². The molecule has 2 aliphatic heterocycles. The second-order valence-electron chi connectivity index (χ2n) is 5.46. The number of carbonyl (C=O) groups is 2. The van der Waals surface area contributed by atoms with Gasteiger partial charge in [-0.25, -0.2) is 0 Å². The van der Waals surface area contributed by atoms with Crippen LogP contribution in [0.3, 0.4) is 0 Å². The van der Waals surface area contributed by atoms with Crippen molar-refractivity contribution < 1.29 is 14.3 Å². The predicted octanol–water partition coefficient (Wildman–Crippen LogP) is 1.93. The van der Waals surface area contributed by atoms with Gasteiger partial charge in [-0.15, -0.1) is 0 Å². The summed E-state index contributed by atoms with van der Waals surface area (Å²) in [5, 5.41) is 0. The van der Waals surface area contributed by atoms with E-state index in [9.17, 15) is 9.59 Å². The van der Waals surface area contributed by atoms with E-state index in [1.165, 1.54) is 18.6 Å². The summed E-state index contributed by atoms with van der Waals surface area (Å²) in [6.07, 6.45) is 4.73. The minimum atomic E-state index is -0.174. The molecule has 0 aliphatic carbocycles. The summed E-state index contributed by atoms with van der Waals surface area (Å²) in [5.41, 5.74) is 0. The number of rotatable bonds is 3. The van der Waals surface area contributed by atoms with Crippen molar-refractivity contribution in [3.05, 3.63) is 0 Å². The summed E-state index contributed by atoms with van der Waals surface area (Å²) >= 11 is 1.98. The maximum atomic E-state index is 12.3. The number of piperidine rings is 1. The Morgan fingerprint density at radius 3 is 2.68 bits per heavy atom. The van der Waals surface area contributed by atoms with E-state index < -0.39 is 0 Å². The van der Waals surface area contributed by atoms with Crippen LogP contribution in [-0.2, 0) is 14.3 Å². The maximum absolute atomic E-state index is 12.3. The molecule has 1 atom stereocenters. The zero-order valence-electron chi connectivity index (χ0n) is 11.6. The minimum Gasteiger partial charge on any atom is -0.469 e. The summed E-state index contributed by atoms with van der Waals surface area (Å²) in [6.45, 7) is 1.35. The third-order valence-electron chi connectivity index (χ3n) is 4.11. The molecule has 0 unspecified atom stereocenters. The molecular formula is C14H23NO3S. The number of hydrogen-bond acceptors (Lipinski definition) is 4. The van der Waals surface area contributed by atoms with Crippen LogP contribution in [0, 0.1) is 11.8 Å². The van der Waals surface area contributed by atoms with E-state index in [4.69, 9.17) is 4.74 Å². The molecule has 0 radical (unpaired) electrons. The topological polar surface area (TPSA) is 46.6 Å². The zero-order valence-corrected chi connectivity index (χ0v) is 12.4. The van der Waals surface area contributed by atoms with Gasteiger partial charge in [-0.2, -0.15) is 11.8 Å². The van der Waals surface area contributed by atoms with Crippen molar-refractivity contribution in [3.63, 3.8) is 0 Å². The van der Waals surface area contributed by atoms with Crippen LogP contribution in [0.1, 0.15) is 32.1 Å². The van der Waals surface area contributed by atoms with Crippen LogP contribution in [0.2, 0.25) is 0 Å². The molecule has 2 rings (SSSR count). The Hall–Kier alpha value is -0.710. The van der Waals surface area contributed by atoms with Crippen molar-refractivity contribution in [1.82, 2.24) is 4.90 Å². The van der Waals surface area contributed by atoms with Crippen LogP contribution in [0.5, 0.6) is 0 Å². The summed E-state index contributed by atoms with van der Waals surface area (Å²) in [5.74, 6) is 2.85. The van der Waals surface area contributed by atoms with Crippen LogP contribution in [0.25, 0.3) is 0 Å². The molecule has 0 aromatic carbocycles. The van der Waals surface area contributed by atoms with Crippen molar-refractivity contribution in [2.45, 2.75) is 32.1 Å². The van der Waals surface area contributed by atoms with Gasteiger partial charge < -0.3 is 9.64 Å². The average molecular weight is 285 g/mol. The Balaban J connectivity index is 1.82. The molecule has 2 aliphatic rings. The smallest absolute Gasteiger partial charge is 0.310 e. The highest BCUT2D eigenvalue weighted by molar-refractivity contribution is 7.99. The first-order valence-corrected chi connectivity index (χ1v) is 8.29. The lowest BCUT2D eigenvalue weighted by Gasteiger charge is -2.33. The molecule has 19 heavy (non-hydrogen) atoms. The van der Waals surface area contributed by atoms with Crippen molar-refractivity contribution >= 4 is 23.6 Å². The molecule has 108 valence electrons. The van der Waals surface area contributed by atoms with E-state index in [0.29, 0.717) is 18.9 Å². The third kappa shape index (κ3) is 4.13. The second-order valence-corrected chi connectivity index (χ2v) is 6.69. The number of nitrogens with zero attached hydrogens (tertiary/aromatic N) is 1. The molecule has 0 N–H and O–H groups in total.